The van der Waals surface area contributed by atoms with Crippen molar-refractivity contribution in [3.05, 3.63) is 58.6 Å². The standard InChI is InChI=1S/C20H20BrN5OS/c1-12-11-14-7-3-6-10-17(14)25(12)19(27)13(2)28-20-24-23-18(26(20)22)15-8-4-5-9-16(15)21/h3-10,12-13H,11,22H2,1-2H3. The number of nitrogen functional groups attached to an aromatic ring is 1. The van der Waals surface area contributed by atoms with Crippen LogP contribution in [0.15, 0.2) is 58.2 Å². The van der Waals surface area contributed by atoms with Crippen molar-refractivity contribution in [2.75, 3.05) is 10.7 Å². The van der Waals surface area contributed by atoms with E-state index in [0.717, 1.165) is 22.1 Å². The van der Waals surface area contributed by atoms with E-state index in [2.05, 4.69) is 39.1 Å². The van der Waals surface area contributed by atoms with Gasteiger partial charge in [0.15, 0.2) is 5.82 Å². The van der Waals surface area contributed by atoms with E-state index in [1.165, 1.54) is 22.0 Å². The minimum atomic E-state index is -0.341. The molecule has 3 aromatic rings. The van der Waals surface area contributed by atoms with E-state index in [-0.39, 0.29) is 17.2 Å². The Morgan fingerprint density at radius 2 is 1.93 bits per heavy atom. The Hall–Kier alpha value is -2.32. The number of hydrogen-bond donors (Lipinski definition) is 1. The zero-order valence-electron chi connectivity index (χ0n) is 15.5. The van der Waals surface area contributed by atoms with Gasteiger partial charge in [-0.3, -0.25) is 4.79 Å². The second kappa shape index (κ2) is 7.60. The molecule has 28 heavy (non-hydrogen) atoms. The van der Waals surface area contributed by atoms with Crippen molar-refractivity contribution in [2.24, 2.45) is 0 Å². The number of benzene rings is 2. The van der Waals surface area contributed by atoms with Gasteiger partial charge in [0.25, 0.3) is 0 Å². The third-order valence-electron chi connectivity index (χ3n) is 4.85. The summed E-state index contributed by atoms with van der Waals surface area (Å²) in [6.07, 6.45) is 0.874. The Balaban J connectivity index is 1.56. The predicted molar refractivity (Wildman–Crippen MR) is 116 cm³/mol. The van der Waals surface area contributed by atoms with Crippen LogP contribution in [0.5, 0.6) is 0 Å². The number of nitrogens with zero attached hydrogens (tertiary/aromatic N) is 4. The minimum Gasteiger partial charge on any atom is -0.335 e. The number of carbonyl (C=O) groups is 1. The molecule has 6 nitrogen and oxygen atoms in total. The first-order valence-electron chi connectivity index (χ1n) is 9.00. The molecule has 144 valence electrons. The second-order valence-corrected chi connectivity index (χ2v) is 8.97. The number of para-hydroxylation sites is 1. The van der Waals surface area contributed by atoms with Crippen molar-refractivity contribution in [1.82, 2.24) is 14.9 Å². The van der Waals surface area contributed by atoms with Crippen molar-refractivity contribution < 1.29 is 4.79 Å². The molecule has 2 N–H and O–H groups in total. The highest BCUT2D eigenvalue weighted by Crippen LogP contribution is 2.35. The van der Waals surface area contributed by atoms with Gasteiger partial charge in [0.1, 0.15) is 0 Å². The topological polar surface area (TPSA) is 77.0 Å². The molecule has 1 aliphatic rings. The SMILES string of the molecule is CC(Sc1nnc(-c2ccccc2Br)n1N)C(=O)N1c2ccccc2CC1C. The number of halogens is 1. The van der Waals surface area contributed by atoms with Gasteiger partial charge < -0.3 is 10.7 Å². The van der Waals surface area contributed by atoms with E-state index in [1.807, 2.05) is 54.3 Å². The fraction of sp³-hybridized carbons (Fsp3) is 0.250. The lowest BCUT2D eigenvalue weighted by atomic mass is 10.1. The van der Waals surface area contributed by atoms with Gasteiger partial charge in [-0.2, -0.15) is 0 Å². The largest absolute Gasteiger partial charge is 0.335 e. The number of rotatable bonds is 4. The summed E-state index contributed by atoms with van der Waals surface area (Å²) < 4.78 is 2.33. The van der Waals surface area contributed by atoms with E-state index in [4.69, 9.17) is 5.84 Å². The first kappa shape index (κ1) is 19.0. The van der Waals surface area contributed by atoms with Gasteiger partial charge >= 0.3 is 0 Å². The number of thioether (sulfide) groups is 1. The summed E-state index contributed by atoms with van der Waals surface area (Å²) in [6.45, 7) is 3.96. The highest BCUT2D eigenvalue weighted by Gasteiger charge is 2.34. The van der Waals surface area contributed by atoms with Gasteiger partial charge in [-0.05, 0) is 44.0 Å². The molecule has 1 amide bonds. The number of nitrogens with two attached hydrogens (primary N) is 1. The van der Waals surface area contributed by atoms with E-state index < -0.39 is 0 Å². The lowest BCUT2D eigenvalue weighted by Gasteiger charge is -2.25. The van der Waals surface area contributed by atoms with Crippen LogP contribution in [-0.2, 0) is 11.2 Å². The van der Waals surface area contributed by atoms with Crippen LogP contribution in [0.3, 0.4) is 0 Å². The zero-order chi connectivity index (χ0) is 19.8. The average molecular weight is 458 g/mol. The molecule has 0 saturated heterocycles. The molecule has 0 fully saturated rings. The fourth-order valence-corrected chi connectivity index (χ4v) is 4.77. The molecule has 0 radical (unpaired) electrons. The maximum atomic E-state index is 13.2. The lowest BCUT2D eigenvalue weighted by Crippen LogP contribution is -2.40. The highest BCUT2D eigenvalue weighted by molar-refractivity contribution is 9.10. The third-order valence-corrected chi connectivity index (χ3v) is 6.59. The van der Waals surface area contributed by atoms with Crippen LogP contribution in [0.2, 0.25) is 0 Å². The van der Waals surface area contributed by atoms with Gasteiger partial charge in [0.2, 0.25) is 11.1 Å². The predicted octanol–water partition coefficient (Wildman–Crippen LogP) is 3.88. The smallest absolute Gasteiger partial charge is 0.240 e. The van der Waals surface area contributed by atoms with Crippen LogP contribution in [0.25, 0.3) is 11.4 Å². The Morgan fingerprint density at radius 3 is 2.71 bits per heavy atom. The quantitative estimate of drug-likeness (QED) is 0.475. The Kier molecular flexibility index (Phi) is 5.16. The van der Waals surface area contributed by atoms with Crippen LogP contribution in [-0.4, -0.2) is 32.1 Å². The van der Waals surface area contributed by atoms with Crippen molar-refractivity contribution in [1.29, 1.82) is 0 Å². The number of aromatic nitrogens is 3. The number of fused-ring (bicyclic) bond motifs is 1. The van der Waals surface area contributed by atoms with Crippen LogP contribution in [0.1, 0.15) is 19.4 Å². The molecular formula is C20H20BrN5OS. The normalized spacial score (nSPS) is 16.8. The molecule has 1 aliphatic heterocycles. The van der Waals surface area contributed by atoms with Crippen LogP contribution in [0, 0.1) is 0 Å². The molecule has 0 spiro atoms. The van der Waals surface area contributed by atoms with Crippen molar-refractivity contribution in [2.45, 2.75) is 36.7 Å². The highest BCUT2D eigenvalue weighted by atomic mass is 79.9. The molecule has 0 bridgehead atoms. The maximum Gasteiger partial charge on any atom is 0.240 e. The first-order valence-corrected chi connectivity index (χ1v) is 10.7. The summed E-state index contributed by atoms with van der Waals surface area (Å²) in [4.78, 5) is 15.1. The van der Waals surface area contributed by atoms with Gasteiger partial charge in [-0.1, -0.05) is 58.0 Å². The van der Waals surface area contributed by atoms with Gasteiger partial charge in [0.05, 0.1) is 5.25 Å². The minimum absolute atomic E-state index is 0.0490. The van der Waals surface area contributed by atoms with Crippen LogP contribution < -0.4 is 10.7 Å². The Morgan fingerprint density at radius 1 is 1.21 bits per heavy atom. The number of hydrogen-bond acceptors (Lipinski definition) is 5. The lowest BCUT2D eigenvalue weighted by molar-refractivity contribution is -0.118. The van der Waals surface area contributed by atoms with E-state index in [1.54, 1.807) is 0 Å². The summed E-state index contributed by atoms with van der Waals surface area (Å²) in [5.74, 6) is 6.83. The van der Waals surface area contributed by atoms with E-state index in [9.17, 15) is 4.79 Å². The van der Waals surface area contributed by atoms with E-state index in [0.29, 0.717) is 11.0 Å². The molecule has 8 heteroatoms. The van der Waals surface area contributed by atoms with Crippen molar-refractivity contribution >= 4 is 39.3 Å². The Bertz CT molecular complexity index is 1040. The number of amides is 1. The third kappa shape index (κ3) is 3.31. The molecule has 2 heterocycles. The van der Waals surface area contributed by atoms with Crippen molar-refractivity contribution in [3.8, 4) is 11.4 Å². The second-order valence-electron chi connectivity index (χ2n) is 6.81. The maximum absolute atomic E-state index is 13.2. The van der Waals surface area contributed by atoms with Gasteiger partial charge in [-0.25, -0.2) is 4.68 Å². The Labute approximate surface area is 176 Å². The summed E-state index contributed by atoms with van der Waals surface area (Å²) in [5.41, 5.74) is 3.06. The number of carbonyl (C=O) groups excluding carboxylic acids is 1. The fourth-order valence-electron chi connectivity index (χ4n) is 3.49. The molecule has 2 unspecified atom stereocenters. The summed E-state index contributed by atoms with van der Waals surface area (Å²) in [6, 6.07) is 15.9. The molecular weight excluding hydrogens is 438 g/mol. The number of anilines is 1. The first-order chi connectivity index (χ1) is 13.5. The average Bonchev–Trinajstić information content (AvgIpc) is 3.21. The summed E-state index contributed by atoms with van der Waals surface area (Å²) in [7, 11) is 0. The zero-order valence-corrected chi connectivity index (χ0v) is 17.9. The van der Waals surface area contributed by atoms with Crippen LogP contribution in [0.4, 0.5) is 5.69 Å². The molecule has 1 aromatic heterocycles. The molecule has 2 atom stereocenters. The van der Waals surface area contributed by atoms with Gasteiger partial charge in [-0.15, -0.1) is 10.2 Å². The molecule has 2 aromatic carbocycles. The molecule has 0 aliphatic carbocycles. The monoisotopic (exact) mass is 457 g/mol. The molecule has 4 rings (SSSR count). The van der Waals surface area contributed by atoms with Crippen LogP contribution >= 0.6 is 27.7 Å². The molecule has 0 saturated carbocycles. The summed E-state index contributed by atoms with van der Waals surface area (Å²) in [5, 5.41) is 8.59. The van der Waals surface area contributed by atoms with Gasteiger partial charge in [0, 0.05) is 21.8 Å². The van der Waals surface area contributed by atoms with E-state index >= 15 is 0 Å². The van der Waals surface area contributed by atoms with Crippen molar-refractivity contribution in [3.63, 3.8) is 0 Å². The summed E-state index contributed by atoms with van der Waals surface area (Å²) >= 11 is 4.83.